The minimum Gasteiger partial charge on any atom is -0.383 e. The summed E-state index contributed by atoms with van der Waals surface area (Å²) in [6.07, 6.45) is 1.65. The number of nitrogens with one attached hydrogen (secondary N) is 2. The van der Waals surface area contributed by atoms with Crippen molar-refractivity contribution in [1.82, 2.24) is 4.98 Å². The van der Waals surface area contributed by atoms with E-state index in [1.165, 1.54) is 0 Å². The monoisotopic (exact) mass is 342 g/mol. The van der Waals surface area contributed by atoms with Crippen molar-refractivity contribution in [2.45, 2.75) is 13.8 Å². The number of methoxy groups -OCH3 is 1. The molecule has 1 aromatic carbocycles. The fraction of sp³-hybridized carbons (Fsp3) is 0.368. The van der Waals surface area contributed by atoms with E-state index in [1.807, 2.05) is 30.3 Å². The Balaban J connectivity index is 1.95. The molecule has 0 radical (unpaired) electrons. The summed E-state index contributed by atoms with van der Waals surface area (Å²) >= 11 is 0. The maximum Gasteiger partial charge on any atom is 0.274 e. The highest BCUT2D eigenvalue weighted by atomic mass is 16.5. The first-order chi connectivity index (χ1) is 12.2. The third-order valence-electron chi connectivity index (χ3n) is 3.89. The number of ether oxygens (including phenoxy) is 1. The molecule has 0 aliphatic rings. The van der Waals surface area contributed by atoms with Gasteiger partial charge in [-0.2, -0.15) is 0 Å². The van der Waals surface area contributed by atoms with Crippen LogP contribution in [0.4, 0.5) is 17.1 Å². The van der Waals surface area contributed by atoms with Crippen molar-refractivity contribution in [3.63, 3.8) is 0 Å². The summed E-state index contributed by atoms with van der Waals surface area (Å²) in [5.41, 5.74) is 3.14. The van der Waals surface area contributed by atoms with Crippen LogP contribution in [0.5, 0.6) is 0 Å². The molecule has 1 aromatic heterocycles. The van der Waals surface area contributed by atoms with E-state index in [-0.39, 0.29) is 5.91 Å². The van der Waals surface area contributed by atoms with Crippen molar-refractivity contribution in [3.05, 3.63) is 48.3 Å². The summed E-state index contributed by atoms with van der Waals surface area (Å²) in [6.45, 7) is 7.47. The van der Waals surface area contributed by atoms with Gasteiger partial charge in [-0.25, -0.2) is 4.98 Å². The quantitative estimate of drug-likeness (QED) is 0.685. The second-order valence-electron chi connectivity index (χ2n) is 5.52. The number of nitrogens with zero attached hydrogens (tertiary/aromatic N) is 2. The van der Waals surface area contributed by atoms with E-state index in [1.54, 1.807) is 19.4 Å². The predicted octanol–water partition coefficient (Wildman–Crippen LogP) is 3.24. The molecule has 2 aromatic rings. The van der Waals surface area contributed by atoms with Crippen LogP contribution < -0.4 is 15.5 Å². The Kier molecular flexibility index (Phi) is 7.22. The number of carbonyl (C=O) groups is 1. The fourth-order valence-corrected chi connectivity index (χ4v) is 2.47. The van der Waals surface area contributed by atoms with Crippen LogP contribution in [0, 0.1) is 0 Å². The average Bonchev–Trinajstić information content (AvgIpc) is 2.65. The summed E-state index contributed by atoms with van der Waals surface area (Å²) in [5.74, 6) is -0.223. The van der Waals surface area contributed by atoms with Gasteiger partial charge < -0.3 is 20.3 Å². The van der Waals surface area contributed by atoms with E-state index in [9.17, 15) is 4.79 Å². The highest BCUT2D eigenvalue weighted by Gasteiger charge is 2.08. The van der Waals surface area contributed by atoms with Crippen LogP contribution in [-0.4, -0.2) is 44.2 Å². The molecule has 1 heterocycles. The molecule has 0 saturated carbocycles. The van der Waals surface area contributed by atoms with Gasteiger partial charge >= 0.3 is 0 Å². The highest BCUT2D eigenvalue weighted by molar-refractivity contribution is 6.03. The Bertz CT molecular complexity index is 652. The van der Waals surface area contributed by atoms with E-state index in [2.05, 4.69) is 34.4 Å². The molecule has 0 atom stereocenters. The molecule has 25 heavy (non-hydrogen) atoms. The molecule has 0 saturated heterocycles. The van der Waals surface area contributed by atoms with Gasteiger partial charge in [0.25, 0.3) is 5.91 Å². The molecule has 2 N–H and O–H groups in total. The van der Waals surface area contributed by atoms with Crippen LogP contribution in [0.1, 0.15) is 24.3 Å². The van der Waals surface area contributed by atoms with Crippen molar-refractivity contribution in [1.29, 1.82) is 0 Å². The van der Waals surface area contributed by atoms with Crippen LogP contribution in [0.25, 0.3) is 0 Å². The number of carbonyl (C=O) groups excluding carboxylic acids is 1. The first kappa shape index (κ1) is 18.7. The van der Waals surface area contributed by atoms with Crippen molar-refractivity contribution in [2.24, 2.45) is 0 Å². The number of rotatable bonds is 9. The molecule has 0 aliphatic heterocycles. The van der Waals surface area contributed by atoms with Crippen molar-refractivity contribution >= 4 is 23.0 Å². The SMILES string of the molecule is CCN(CC)c1ccc(NC(=O)c2ccc(NCCOC)cn2)cc1. The van der Waals surface area contributed by atoms with Crippen LogP contribution in [-0.2, 0) is 4.74 Å². The smallest absolute Gasteiger partial charge is 0.274 e. The summed E-state index contributed by atoms with van der Waals surface area (Å²) in [6, 6.07) is 11.4. The molecule has 2 rings (SSSR count). The van der Waals surface area contributed by atoms with E-state index in [0.717, 1.165) is 30.2 Å². The zero-order chi connectivity index (χ0) is 18.1. The number of hydrogen-bond donors (Lipinski definition) is 2. The second-order valence-corrected chi connectivity index (χ2v) is 5.52. The van der Waals surface area contributed by atoms with Gasteiger partial charge in [0.05, 0.1) is 18.5 Å². The molecule has 6 nitrogen and oxygen atoms in total. The largest absolute Gasteiger partial charge is 0.383 e. The molecule has 0 aliphatic carbocycles. The minimum atomic E-state index is -0.223. The first-order valence-corrected chi connectivity index (χ1v) is 8.53. The van der Waals surface area contributed by atoms with Crippen molar-refractivity contribution in [2.75, 3.05) is 48.9 Å². The standard InChI is InChI=1S/C19H26N4O2/c1-4-23(5-2)17-9-6-15(7-10-17)22-19(24)18-11-8-16(14-21-18)20-12-13-25-3/h6-11,14,20H,4-5,12-13H2,1-3H3,(H,22,24). The number of anilines is 3. The van der Waals surface area contributed by atoms with Gasteiger partial charge in [-0.1, -0.05) is 0 Å². The summed E-state index contributed by atoms with van der Waals surface area (Å²) in [7, 11) is 1.65. The molecule has 134 valence electrons. The third-order valence-corrected chi connectivity index (χ3v) is 3.89. The van der Waals surface area contributed by atoms with Gasteiger partial charge in [0.1, 0.15) is 5.69 Å². The summed E-state index contributed by atoms with van der Waals surface area (Å²) in [4.78, 5) is 18.7. The lowest BCUT2D eigenvalue weighted by Gasteiger charge is -2.21. The lowest BCUT2D eigenvalue weighted by Crippen LogP contribution is -2.21. The number of benzene rings is 1. The Morgan fingerprint density at radius 2 is 1.76 bits per heavy atom. The highest BCUT2D eigenvalue weighted by Crippen LogP contribution is 2.18. The zero-order valence-corrected chi connectivity index (χ0v) is 15.1. The van der Waals surface area contributed by atoms with Gasteiger partial charge in [0, 0.05) is 38.1 Å². The Labute approximate surface area is 149 Å². The molecule has 0 spiro atoms. The molecule has 1 amide bonds. The maximum atomic E-state index is 12.3. The molecule has 0 fully saturated rings. The molecular weight excluding hydrogens is 316 g/mol. The van der Waals surface area contributed by atoms with Crippen LogP contribution >= 0.6 is 0 Å². The van der Waals surface area contributed by atoms with Crippen molar-refractivity contribution < 1.29 is 9.53 Å². The van der Waals surface area contributed by atoms with Gasteiger partial charge in [-0.15, -0.1) is 0 Å². The minimum absolute atomic E-state index is 0.223. The van der Waals surface area contributed by atoms with Gasteiger partial charge in [-0.3, -0.25) is 4.79 Å². The lowest BCUT2D eigenvalue weighted by atomic mass is 10.2. The Hall–Kier alpha value is -2.60. The number of pyridine rings is 1. The van der Waals surface area contributed by atoms with Gasteiger partial charge in [-0.05, 0) is 50.2 Å². The van der Waals surface area contributed by atoms with E-state index in [0.29, 0.717) is 18.8 Å². The number of amides is 1. The van der Waals surface area contributed by atoms with Crippen LogP contribution in [0.3, 0.4) is 0 Å². The molecule has 0 bridgehead atoms. The topological polar surface area (TPSA) is 66.5 Å². The zero-order valence-electron chi connectivity index (χ0n) is 15.1. The number of aromatic nitrogens is 1. The Morgan fingerprint density at radius 3 is 2.32 bits per heavy atom. The lowest BCUT2D eigenvalue weighted by molar-refractivity contribution is 0.102. The normalized spacial score (nSPS) is 10.4. The van der Waals surface area contributed by atoms with E-state index < -0.39 is 0 Å². The molecule has 6 heteroatoms. The third kappa shape index (κ3) is 5.46. The van der Waals surface area contributed by atoms with E-state index >= 15 is 0 Å². The summed E-state index contributed by atoms with van der Waals surface area (Å²) in [5, 5.41) is 6.04. The van der Waals surface area contributed by atoms with Gasteiger partial charge in [0.2, 0.25) is 0 Å². The predicted molar refractivity (Wildman–Crippen MR) is 103 cm³/mol. The van der Waals surface area contributed by atoms with E-state index in [4.69, 9.17) is 4.74 Å². The first-order valence-electron chi connectivity index (χ1n) is 8.53. The van der Waals surface area contributed by atoms with Gasteiger partial charge in [0.15, 0.2) is 0 Å². The second kappa shape index (κ2) is 9.64. The molecular formula is C19H26N4O2. The van der Waals surface area contributed by atoms with Crippen LogP contribution in [0.15, 0.2) is 42.6 Å². The van der Waals surface area contributed by atoms with Crippen LogP contribution in [0.2, 0.25) is 0 Å². The average molecular weight is 342 g/mol. The van der Waals surface area contributed by atoms with Crippen molar-refractivity contribution in [3.8, 4) is 0 Å². The molecule has 0 unspecified atom stereocenters. The summed E-state index contributed by atoms with van der Waals surface area (Å²) < 4.78 is 4.98. The number of hydrogen-bond acceptors (Lipinski definition) is 5. The fourth-order valence-electron chi connectivity index (χ4n) is 2.47. The Morgan fingerprint density at radius 1 is 1.08 bits per heavy atom. The maximum absolute atomic E-state index is 12.3.